The van der Waals surface area contributed by atoms with E-state index in [4.69, 9.17) is 4.74 Å². The Morgan fingerprint density at radius 3 is 2.70 bits per heavy atom. The van der Waals surface area contributed by atoms with Gasteiger partial charge in [-0.2, -0.15) is 0 Å². The number of aliphatic hydroxyl groups is 1. The third-order valence-corrected chi connectivity index (χ3v) is 4.26. The average Bonchev–Trinajstić information content (AvgIpc) is 2.42. The maximum Gasteiger partial charge on any atom is 0.136 e. The van der Waals surface area contributed by atoms with Crippen LogP contribution in [0.5, 0.6) is 5.75 Å². The Morgan fingerprint density at radius 2 is 2.05 bits per heavy atom. The molecule has 1 aromatic carbocycles. The summed E-state index contributed by atoms with van der Waals surface area (Å²) in [6, 6.07) is 7.98. The Morgan fingerprint density at radius 1 is 1.30 bits per heavy atom. The molecule has 1 N–H and O–H groups in total. The van der Waals surface area contributed by atoms with Gasteiger partial charge in [0.1, 0.15) is 17.2 Å². The first kappa shape index (κ1) is 13.2. The summed E-state index contributed by atoms with van der Waals surface area (Å²) in [5.41, 5.74) is -0.595. The van der Waals surface area contributed by atoms with E-state index < -0.39 is 5.60 Å². The van der Waals surface area contributed by atoms with Crippen LogP contribution in [0.1, 0.15) is 13.8 Å². The predicted molar refractivity (Wildman–Crippen MR) is 80.3 cm³/mol. The lowest BCUT2D eigenvalue weighted by molar-refractivity contribution is -0.0302. The molecule has 1 fully saturated rings. The number of benzene rings is 1. The van der Waals surface area contributed by atoms with Gasteiger partial charge in [-0.05, 0) is 29.5 Å². The van der Waals surface area contributed by atoms with E-state index >= 15 is 0 Å². The molecule has 106 valence electrons. The summed E-state index contributed by atoms with van der Waals surface area (Å²) in [5, 5.41) is 12.6. The Labute approximate surface area is 119 Å². The Balaban J connectivity index is 1.97. The standard InChI is InChI=1S/C16H20N2O2/c1-11(2)16(19)9-18(10-16)15-14-8-13(20-3)5-4-12(14)6-7-17-15/h4-8,11,19H,9-10H2,1-3H3. The fourth-order valence-electron chi connectivity index (χ4n) is 2.64. The van der Waals surface area contributed by atoms with E-state index in [1.54, 1.807) is 7.11 Å². The van der Waals surface area contributed by atoms with E-state index in [2.05, 4.69) is 23.7 Å². The van der Waals surface area contributed by atoms with Gasteiger partial charge in [0.2, 0.25) is 0 Å². The molecule has 0 radical (unpaired) electrons. The van der Waals surface area contributed by atoms with Crippen LogP contribution in [0.25, 0.3) is 10.8 Å². The van der Waals surface area contributed by atoms with E-state index in [1.165, 1.54) is 0 Å². The number of hydrogen-bond donors (Lipinski definition) is 1. The Bertz CT molecular complexity index is 633. The minimum Gasteiger partial charge on any atom is -0.497 e. The Hall–Kier alpha value is -1.81. The van der Waals surface area contributed by atoms with Gasteiger partial charge in [0.25, 0.3) is 0 Å². The van der Waals surface area contributed by atoms with Crippen LogP contribution < -0.4 is 9.64 Å². The molecule has 0 bridgehead atoms. The SMILES string of the molecule is COc1ccc2ccnc(N3CC(O)(C(C)C)C3)c2c1. The van der Waals surface area contributed by atoms with Gasteiger partial charge in [-0.15, -0.1) is 0 Å². The molecule has 1 aliphatic heterocycles. The highest BCUT2D eigenvalue weighted by Gasteiger charge is 2.44. The van der Waals surface area contributed by atoms with Crippen LogP contribution >= 0.6 is 0 Å². The lowest BCUT2D eigenvalue weighted by Gasteiger charge is -2.49. The number of rotatable bonds is 3. The van der Waals surface area contributed by atoms with Crippen molar-refractivity contribution in [2.75, 3.05) is 25.1 Å². The number of β-amino-alcohol motifs (C(OH)–C–C–N with tert-alkyl or cyclic N) is 1. The van der Waals surface area contributed by atoms with E-state index in [-0.39, 0.29) is 5.92 Å². The second kappa shape index (κ2) is 4.63. The summed E-state index contributed by atoms with van der Waals surface area (Å²) in [4.78, 5) is 6.62. The van der Waals surface area contributed by atoms with Crippen molar-refractivity contribution in [2.45, 2.75) is 19.4 Å². The maximum absolute atomic E-state index is 10.4. The molecule has 4 heteroatoms. The summed E-state index contributed by atoms with van der Waals surface area (Å²) in [6.07, 6.45) is 1.82. The summed E-state index contributed by atoms with van der Waals surface area (Å²) >= 11 is 0. The average molecular weight is 272 g/mol. The van der Waals surface area contributed by atoms with Crippen molar-refractivity contribution in [3.05, 3.63) is 30.5 Å². The van der Waals surface area contributed by atoms with Crippen molar-refractivity contribution >= 4 is 16.6 Å². The minimum atomic E-state index is -0.595. The van der Waals surface area contributed by atoms with E-state index in [0.29, 0.717) is 13.1 Å². The van der Waals surface area contributed by atoms with Gasteiger partial charge in [-0.1, -0.05) is 19.9 Å². The lowest BCUT2D eigenvalue weighted by atomic mass is 9.83. The zero-order valence-corrected chi connectivity index (χ0v) is 12.1. The monoisotopic (exact) mass is 272 g/mol. The zero-order chi connectivity index (χ0) is 14.3. The number of fused-ring (bicyclic) bond motifs is 1. The molecule has 4 nitrogen and oxygen atoms in total. The molecular weight excluding hydrogens is 252 g/mol. The number of anilines is 1. The molecule has 2 heterocycles. The largest absolute Gasteiger partial charge is 0.497 e. The van der Waals surface area contributed by atoms with Gasteiger partial charge in [0, 0.05) is 11.6 Å². The van der Waals surface area contributed by atoms with Crippen molar-refractivity contribution in [3.63, 3.8) is 0 Å². The van der Waals surface area contributed by atoms with E-state index in [9.17, 15) is 5.11 Å². The molecule has 0 amide bonds. The molecule has 0 aliphatic carbocycles. The molecule has 0 unspecified atom stereocenters. The molecule has 1 aliphatic rings. The number of nitrogens with zero attached hydrogens (tertiary/aromatic N) is 2. The summed E-state index contributed by atoms with van der Waals surface area (Å²) in [5.74, 6) is 2.00. The van der Waals surface area contributed by atoms with Crippen LogP contribution in [-0.4, -0.2) is 35.9 Å². The van der Waals surface area contributed by atoms with Gasteiger partial charge in [-0.25, -0.2) is 4.98 Å². The van der Waals surface area contributed by atoms with Crippen molar-refractivity contribution in [1.29, 1.82) is 0 Å². The summed E-state index contributed by atoms with van der Waals surface area (Å²) < 4.78 is 5.29. The number of hydrogen-bond acceptors (Lipinski definition) is 4. The smallest absolute Gasteiger partial charge is 0.136 e. The molecule has 3 rings (SSSR count). The van der Waals surface area contributed by atoms with Crippen LogP contribution in [0.4, 0.5) is 5.82 Å². The predicted octanol–water partition coefficient (Wildman–Crippen LogP) is 2.45. The fraction of sp³-hybridized carbons (Fsp3) is 0.438. The van der Waals surface area contributed by atoms with Gasteiger partial charge >= 0.3 is 0 Å². The minimum absolute atomic E-state index is 0.253. The Kier molecular flexibility index (Phi) is 3.05. The quantitative estimate of drug-likeness (QED) is 0.932. The van der Waals surface area contributed by atoms with E-state index in [1.807, 2.05) is 30.5 Å². The highest BCUT2D eigenvalue weighted by atomic mass is 16.5. The first-order valence-electron chi connectivity index (χ1n) is 6.93. The third kappa shape index (κ3) is 2.00. The highest BCUT2D eigenvalue weighted by Crippen LogP contribution is 2.36. The number of pyridine rings is 1. The first-order chi connectivity index (χ1) is 9.53. The first-order valence-corrected chi connectivity index (χ1v) is 6.93. The lowest BCUT2D eigenvalue weighted by Crippen LogP contribution is -2.65. The van der Waals surface area contributed by atoms with Crippen LogP contribution in [-0.2, 0) is 0 Å². The summed E-state index contributed by atoms with van der Waals surface area (Å²) in [7, 11) is 1.67. The number of ether oxygens (including phenoxy) is 1. The van der Waals surface area contributed by atoms with Gasteiger partial charge in [0.15, 0.2) is 0 Å². The molecule has 2 aromatic rings. The maximum atomic E-state index is 10.4. The fourth-order valence-corrected chi connectivity index (χ4v) is 2.64. The highest BCUT2D eigenvalue weighted by molar-refractivity contribution is 5.93. The molecule has 0 spiro atoms. The molecule has 1 aromatic heterocycles. The molecule has 0 saturated carbocycles. The molecule has 20 heavy (non-hydrogen) atoms. The van der Waals surface area contributed by atoms with Crippen LogP contribution in [0, 0.1) is 5.92 Å². The van der Waals surface area contributed by atoms with Gasteiger partial charge in [0.05, 0.1) is 20.2 Å². The normalized spacial score (nSPS) is 17.4. The van der Waals surface area contributed by atoms with Crippen LogP contribution in [0.3, 0.4) is 0 Å². The molecule has 0 atom stereocenters. The second-order valence-corrected chi connectivity index (χ2v) is 5.84. The van der Waals surface area contributed by atoms with Gasteiger partial charge in [-0.3, -0.25) is 0 Å². The summed E-state index contributed by atoms with van der Waals surface area (Å²) in [6.45, 7) is 5.37. The van der Waals surface area contributed by atoms with Crippen LogP contribution in [0.2, 0.25) is 0 Å². The molecule has 1 saturated heterocycles. The number of methoxy groups -OCH3 is 1. The van der Waals surface area contributed by atoms with Crippen molar-refractivity contribution < 1.29 is 9.84 Å². The van der Waals surface area contributed by atoms with Crippen molar-refractivity contribution in [3.8, 4) is 5.75 Å². The molecular formula is C16H20N2O2. The van der Waals surface area contributed by atoms with Crippen LogP contribution in [0.15, 0.2) is 30.5 Å². The number of aromatic nitrogens is 1. The third-order valence-electron chi connectivity index (χ3n) is 4.26. The van der Waals surface area contributed by atoms with Gasteiger partial charge < -0.3 is 14.7 Å². The zero-order valence-electron chi connectivity index (χ0n) is 12.1. The second-order valence-electron chi connectivity index (χ2n) is 5.84. The van der Waals surface area contributed by atoms with Crippen molar-refractivity contribution in [1.82, 2.24) is 4.98 Å². The van der Waals surface area contributed by atoms with Crippen molar-refractivity contribution in [2.24, 2.45) is 5.92 Å². The topological polar surface area (TPSA) is 45.6 Å². The van der Waals surface area contributed by atoms with E-state index in [0.717, 1.165) is 22.3 Å².